The highest BCUT2D eigenvalue weighted by molar-refractivity contribution is 7.09. The minimum atomic E-state index is -0.445. The summed E-state index contributed by atoms with van der Waals surface area (Å²) in [5.74, 6) is -0.787. The summed E-state index contributed by atoms with van der Waals surface area (Å²) in [5, 5.41) is 5.41. The predicted octanol–water partition coefficient (Wildman–Crippen LogP) is 3.43. The fourth-order valence-electron chi connectivity index (χ4n) is 2.00. The van der Waals surface area contributed by atoms with Crippen molar-refractivity contribution in [1.29, 1.82) is 0 Å². The van der Waals surface area contributed by atoms with Gasteiger partial charge in [-0.2, -0.15) is 0 Å². The van der Waals surface area contributed by atoms with E-state index < -0.39 is 5.82 Å². The van der Waals surface area contributed by atoms with Crippen molar-refractivity contribution >= 4 is 29.0 Å². The summed E-state index contributed by atoms with van der Waals surface area (Å²) in [6, 6.07) is 4.49. The van der Waals surface area contributed by atoms with Crippen molar-refractivity contribution in [2.24, 2.45) is 0 Å². The Balaban J connectivity index is 1.69. The number of hydrogen-bond donors (Lipinski definition) is 1. The Bertz CT molecular complexity index is 855. The Morgan fingerprint density at radius 2 is 2.30 bits per heavy atom. The average Bonchev–Trinajstić information content (AvgIpc) is 3.17. The molecule has 7 heteroatoms. The fraction of sp³-hybridized carbons (Fsp3) is 0.0625. The SMILES string of the molecule is Cc1nc(C=CC(=O)Nc2ccc(-n3ccnc3)c(F)c2)cs1. The lowest BCUT2D eigenvalue weighted by molar-refractivity contribution is -0.111. The lowest BCUT2D eigenvalue weighted by atomic mass is 10.2. The molecule has 2 heterocycles. The summed E-state index contributed by atoms with van der Waals surface area (Å²) in [4.78, 5) is 20.0. The quantitative estimate of drug-likeness (QED) is 0.747. The van der Waals surface area contributed by atoms with Gasteiger partial charge < -0.3 is 9.88 Å². The first-order valence-electron chi connectivity index (χ1n) is 6.81. The van der Waals surface area contributed by atoms with E-state index in [0.29, 0.717) is 11.4 Å². The standard InChI is InChI=1S/C16H13FN4OS/c1-11-19-13(9-23-11)3-5-16(22)20-12-2-4-15(14(17)8-12)21-7-6-18-10-21/h2-10H,1H3,(H,20,22). The summed E-state index contributed by atoms with van der Waals surface area (Å²) in [7, 11) is 0. The number of aromatic nitrogens is 3. The predicted molar refractivity (Wildman–Crippen MR) is 88.0 cm³/mol. The highest BCUT2D eigenvalue weighted by atomic mass is 32.1. The maximum absolute atomic E-state index is 14.1. The zero-order valence-electron chi connectivity index (χ0n) is 12.2. The molecule has 1 amide bonds. The number of hydrogen-bond acceptors (Lipinski definition) is 4. The molecule has 0 aliphatic carbocycles. The molecule has 2 aromatic heterocycles. The smallest absolute Gasteiger partial charge is 0.248 e. The van der Waals surface area contributed by atoms with Crippen molar-refractivity contribution in [2.45, 2.75) is 6.92 Å². The van der Waals surface area contributed by atoms with Gasteiger partial charge in [-0.05, 0) is 31.2 Å². The van der Waals surface area contributed by atoms with Crippen molar-refractivity contribution in [3.63, 3.8) is 0 Å². The van der Waals surface area contributed by atoms with E-state index in [-0.39, 0.29) is 5.91 Å². The van der Waals surface area contributed by atoms with E-state index in [1.165, 1.54) is 29.8 Å². The molecule has 0 unspecified atom stereocenters. The van der Waals surface area contributed by atoms with Crippen LogP contribution in [0.5, 0.6) is 0 Å². The molecule has 0 bridgehead atoms. The van der Waals surface area contributed by atoms with Crippen molar-refractivity contribution in [2.75, 3.05) is 5.32 Å². The number of anilines is 1. The number of nitrogens with one attached hydrogen (secondary N) is 1. The Hall–Kier alpha value is -2.80. The molecule has 0 saturated carbocycles. The molecule has 0 spiro atoms. The second-order valence-corrected chi connectivity index (χ2v) is 5.81. The van der Waals surface area contributed by atoms with Crippen LogP contribution in [0.15, 0.2) is 48.4 Å². The van der Waals surface area contributed by atoms with Gasteiger partial charge in [-0.15, -0.1) is 11.3 Å². The largest absolute Gasteiger partial charge is 0.322 e. The van der Waals surface area contributed by atoms with Gasteiger partial charge >= 0.3 is 0 Å². The molecule has 3 rings (SSSR count). The van der Waals surface area contributed by atoms with Crippen LogP contribution in [0.4, 0.5) is 10.1 Å². The number of amides is 1. The summed E-state index contributed by atoms with van der Waals surface area (Å²) < 4.78 is 15.7. The molecule has 0 atom stereocenters. The summed E-state index contributed by atoms with van der Waals surface area (Å²) >= 11 is 1.51. The number of nitrogens with zero attached hydrogens (tertiary/aromatic N) is 3. The van der Waals surface area contributed by atoms with E-state index in [2.05, 4.69) is 15.3 Å². The molecule has 0 aliphatic heterocycles. The molecule has 116 valence electrons. The molecule has 1 N–H and O–H groups in total. The van der Waals surface area contributed by atoms with E-state index in [4.69, 9.17) is 0 Å². The second kappa shape index (κ2) is 6.53. The molecule has 0 saturated heterocycles. The molecule has 23 heavy (non-hydrogen) atoms. The van der Waals surface area contributed by atoms with E-state index >= 15 is 0 Å². The van der Waals surface area contributed by atoms with Crippen LogP contribution in [-0.4, -0.2) is 20.4 Å². The van der Waals surface area contributed by atoms with Crippen molar-refractivity contribution < 1.29 is 9.18 Å². The normalized spacial score (nSPS) is 11.0. The number of aryl methyl sites for hydroxylation is 1. The number of carbonyl (C=O) groups excluding carboxylic acids is 1. The van der Waals surface area contributed by atoms with Gasteiger partial charge in [0.1, 0.15) is 5.82 Å². The lowest BCUT2D eigenvalue weighted by Gasteiger charge is -2.07. The van der Waals surface area contributed by atoms with Gasteiger partial charge in [0, 0.05) is 29.5 Å². The Labute approximate surface area is 136 Å². The van der Waals surface area contributed by atoms with E-state index in [1.54, 1.807) is 35.2 Å². The van der Waals surface area contributed by atoms with Gasteiger partial charge in [0.25, 0.3) is 0 Å². The highest BCUT2D eigenvalue weighted by Gasteiger charge is 2.06. The van der Waals surface area contributed by atoms with Crippen LogP contribution in [0, 0.1) is 12.7 Å². The van der Waals surface area contributed by atoms with Crippen LogP contribution in [0.3, 0.4) is 0 Å². The maximum Gasteiger partial charge on any atom is 0.248 e. The molecule has 5 nitrogen and oxygen atoms in total. The molecule has 1 aromatic carbocycles. The number of imidazole rings is 1. The second-order valence-electron chi connectivity index (χ2n) is 4.75. The summed E-state index contributed by atoms with van der Waals surface area (Å²) in [6.45, 7) is 1.90. The van der Waals surface area contributed by atoms with Gasteiger partial charge in [0.15, 0.2) is 0 Å². The zero-order valence-corrected chi connectivity index (χ0v) is 13.0. The van der Waals surface area contributed by atoms with Crippen LogP contribution in [-0.2, 0) is 4.79 Å². The third-order valence-corrected chi connectivity index (χ3v) is 3.83. The minimum Gasteiger partial charge on any atom is -0.322 e. The van der Waals surface area contributed by atoms with Crippen molar-refractivity contribution in [3.8, 4) is 5.69 Å². The lowest BCUT2D eigenvalue weighted by Crippen LogP contribution is -2.08. The van der Waals surface area contributed by atoms with Gasteiger partial charge in [-0.25, -0.2) is 14.4 Å². The van der Waals surface area contributed by atoms with Crippen LogP contribution >= 0.6 is 11.3 Å². The first-order valence-corrected chi connectivity index (χ1v) is 7.69. The first kappa shape index (κ1) is 15.1. The first-order chi connectivity index (χ1) is 11.1. The number of benzene rings is 1. The maximum atomic E-state index is 14.1. The molecular formula is C16H13FN4OS. The number of rotatable bonds is 4. The molecule has 0 fully saturated rings. The molecule has 0 radical (unpaired) electrons. The molecule has 0 aliphatic rings. The van der Waals surface area contributed by atoms with E-state index in [0.717, 1.165) is 10.7 Å². The minimum absolute atomic E-state index is 0.342. The monoisotopic (exact) mass is 328 g/mol. The van der Waals surface area contributed by atoms with Crippen molar-refractivity contribution in [1.82, 2.24) is 14.5 Å². The van der Waals surface area contributed by atoms with Crippen LogP contribution in [0.25, 0.3) is 11.8 Å². The third kappa shape index (κ3) is 3.70. The Kier molecular flexibility index (Phi) is 4.29. The fourth-order valence-corrected chi connectivity index (χ4v) is 2.58. The van der Waals surface area contributed by atoms with Gasteiger partial charge in [-0.1, -0.05) is 0 Å². The number of carbonyl (C=O) groups is 1. The van der Waals surface area contributed by atoms with Crippen LogP contribution < -0.4 is 5.32 Å². The van der Waals surface area contributed by atoms with Gasteiger partial charge in [0.05, 0.1) is 22.7 Å². The van der Waals surface area contributed by atoms with Gasteiger partial charge in [-0.3, -0.25) is 4.79 Å². The number of halogens is 1. The molecule has 3 aromatic rings. The van der Waals surface area contributed by atoms with E-state index in [1.807, 2.05) is 12.3 Å². The van der Waals surface area contributed by atoms with Crippen molar-refractivity contribution in [3.05, 3.63) is 64.9 Å². The summed E-state index contributed by atoms with van der Waals surface area (Å²) in [6.07, 6.45) is 7.72. The average molecular weight is 328 g/mol. The topological polar surface area (TPSA) is 59.8 Å². The Morgan fingerprint density at radius 1 is 1.43 bits per heavy atom. The van der Waals surface area contributed by atoms with Crippen LogP contribution in [0.1, 0.15) is 10.7 Å². The van der Waals surface area contributed by atoms with E-state index in [9.17, 15) is 9.18 Å². The summed E-state index contributed by atoms with van der Waals surface area (Å²) in [5.41, 5.74) is 1.48. The molecular weight excluding hydrogens is 315 g/mol. The van der Waals surface area contributed by atoms with Gasteiger partial charge in [0.2, 0.25) is 5.91 Å². The Morgan fingerprint density at radius 3 is 2.96 bits per heavy atom. The zero-order chi connectivity index (χ0) is 16.2. The highest BCUT2D eigenvalue weighted by Crippen LogP contribution is 2.18. The number of thiazole rings is 1. The third-order valence-electron chi connectivity index (χ3n) is 3.04. The van der Waals surface area contributed by atoms with Crippen LogP contribution in [0.2, 0.25) is 0 Å².